The Bertz CT molecular complexity index is 512. The van der Waals surface area contributed by atoms with Gasteiger partial charge in [0.15, 0.2) is 0 Å². The third kappa shape index (κ3) is 3.32. The second kappa shape index (κ2) is 6.57. The zero-order chi connectivity index (χ0) is 13.9. The van der Waals surface area contributed by atoms with E-state index < -0.39 is 10.0 Å². The molecule has 0 bridgehead atoms. The molecule has 19 heavy (non-hydrogen) atoms. The fourth-order valence-electron chi connectivity index (χ4n) is 2.58. The van der Waals surface area contributed by atoms with Crippen molar-refractivity contribution in [2.45, 2.75) is 55.8 Å². The molecule has 1 unspecified atom stereocenters. The molecule has 6 heteroatoms. The van der Waals surface area contributed by atoms with Crippen LogP contribution in [0.4, 0.5) is 0 Å². The molecule has 0 aromatic carbocycles. The zero-order valence-corrected chi connectivity index (χ0v) is 13.5. The van der Waals surface area contributed by atoms with Gasteiger partial charge in [0.05, 0.1) is 10.8 Å². The van der Waals surface area contributed by atoms with Crippen LogP contribution in [0.3, 0.4) is 0 Å². The van der Waals surface area contributed by atoms with Crippen LogP contribution in [0.15, 0.2) is 16.3 Å². The SMILES string of the molecule is CCC1CCCCCN1S(=O)(=O)c1csc(CCl)c1. The minimum atomic E-state index is -3.35. The molecule has 1 aliphatic heterocycles. The molecule has 3 nitrogen and oxygen atoms in total. The summed E-state index contributed by atoms with van der Waals surface area (Å²) in [7, 11) is -3.35. The summed E-state index contributed by atoms with van der Waals surface area (Å²) in [6, 6.07) is 1.86. The molecule has 1 fully saturated rings. The molecular formula is C13H20ClNO2S2. The average Bonchev–Trinajstić information content (AvgIpc) is 2.76. The fourth-order valence-corrected chi connectivity index (χ4v) is 5.72. The van der Waals surface area contributed by atoms with E-state index in [1.165, 1.54) is 11.3 Å². The summed E-state index contributed by atoms with van der Waals surface area (Å²) in [5.74, 6) is 0.372. The van der Waals surface area contributed by atoms with Crippen molar-refractivity contribution < 1.29 is 8.42 Å². The van der Waals surface area contributed by atoms with Crippen molar-refractivity contribution in [2.75, 3.05) is 6.54 Å². The molecule has 108 valence electrons. The van der Waals surface area contributed by atoms with Gasteiger partial charge in [-0.05, 0) is 25.3 Å². The van der Waals surface area contributed by atoms with Gasteiger partial charge in [0.25, 0.3) is 0 Å². The van der Waals surface area contributed by atoms with Crippen molar-refractivity contribution in [3.8, 4) is 0 Å². The zero-order valence-electron chi connectivity index (χ0n) is 11.1. The lowest BCUT2D eigenvalue weighted by atomic mass is 10.1. The molecule has 0 saturated carbocycles. The lowest BCUT2D eigenvalue weighted by Crippen LogP contribution is -2.39. The van der Waals surface area contributed by atoms with E-state index in [0.717, 1.165) is 37.0 Å². The van der Waals surface area contributed by atoms with Crippen LogP contribution < -0.4 is 0 Å². The Morgan fingerprint density at radius 3 is 2.84 bits per heavy atom. The van der Waals surface area contributed by atoms with Gasteiger partial charge in [-0.25, -0.2) is 8.42 Å². The summed E-state index contributed by atoms with van der Waals surface area (Å²) in [6.07, 6.45) is 5.07. The topological polar surface area (TPSA) is 37.4 Å². The maximum Gasteiger partial charge on any atom is 0.244 e. The monoisotopic (exact) mass is 321 g/mol. The Balaban J connectivity index is 2.30. The van der Waals surface area contributed by atoms with E-state index in [9.17, 15) is 8.42 Å². The van der Waals surface area contributed by atoms with E-state index in [1.807, 2.05) is 0 Å². The largest absolute Gasteiger partial charge is 0.244 e. The number of sulfonamides is 1. The highest BCUT2D eigenvalue weighted by Gasteiger charge is 2.31. The van der Waals surface area contributed by atoms with Gasteiger partial charge >= 0.3 is 0 Å². The number of halogens is 1. The van der Waals surface area contributed by atoms with Crippen molar-refractivity contribution in [3.05, 3.63) is 16.3 Å². The van der Waals surface area contributed by atoms with Gasteiger partial charge in [0, 0.05) is 22.8 Å². The normalized spacial score (nSPS) is 22.3. The molecular weight excluding hydrogens is 302 g/mol. The first-order valence-corrected chi connectivity index (χ1v) is 9.60. The number of hydrogen-bond donors (Lipinski definition) is 0. The average molecular weight is 322 g/mol. The van der Waals surface area contributed by atoms with Crippen LogP contribution >= 0.6 is 22.9 Å². The van der Waals surface area contributed by atoms with E-state index >= 15 is 0 Å². The van der Waals surface area contributed by atoms with E-state index in [-0.39, 0.29) is 6.04 Å². The van der Waals surface area contributed by atoms with E-state index in [0.29, 0.717) is 17.3 Å². The molecule has 1 aromatic heterocycles. The number of alkyl halides is 1. The molecule has 0 radical (unpaired) electrons. The Morgan fingerprint density at radius 2 is 2.21 bits per heavy atom. The highest BCUT2D eigenvalue weighted by atomic mass is 35.5. The summed E-state index contributed by atoms with van der Waals surface area (Å²) in [5.41, 5.74) is 0. The molecule has 1 saturated heterocycles. The number of hydrogen-bond acceptors (Lipinski definition) is 3. The lowest BCUT2D eigenvalue weighted by molar-refractivity contribution is 0.315. The Kier molecular flexibility index (Phi) is 5.29. The van der Waals surface area contributed by atoms with Gasteiger partial charge in [-0.2, -0.15) is 4.31 Å². The summed E-state index contributed by atoms with van der Waals surface area (Å²) in [4.78, 5) is 1.32. The minimum Gasteiger partial charge on any atom is -0.207 e. The molecule has 0 aliphatic carbocycles. The molecule has 0 amide bonds. The first-order valence-electron chi connectivity index (χ1n) is 6.74. The van der Waals surface area contributed by atoms with Crippen LogP contribution in [0.1, 0.15) is 43.9 Å². The van der Waals surface area contributed by atoms with Crippen molar-refractivity contribution >= 4 is 33.0 Å². The smallest absolute Gasteiger partial charge is 0.207 e. The first-order chi connectivity index (χ1) is 9.09. The molecule has 2 heterocycles. The highest BCUT2D eigenvalue weighted by Crippen LogP contribution is 2.29. The second-order valence-electron chi connectivity index (χ2n) is 4.91. The van der Waals surface area contributed by atoms with Crippen molar-refractivity contribution in [1.82, 2.24) is 4.31 Å². The Labute approximate surface area is 124 Å². The van der Waals surface area contributed by atoms with Crippen LogP contribution in [0.25, 0.3) is 0 Å². The van der Waals surface area contributed by atoms with Gasteiger partial charge < -0.3 is 0 Å². The van der Waals surface area contributed by atoms with Crippen molar-refractivity contribution in [3.63, 3.8) is 0 Å². The summed E-state index contributed by atoms with van der Waals surface area (Å²) < 4.78 is 27.2. The van der Waals surface area contributed by atoms with Gasteiger partial charge in [-0.3, -0.25) is 0 Å². The summed E-state index contributed by atoms with van der Waals surface area (Å²) >= 11 is 7.18. The van der Waals surface area contributed by atoms with Crippen LogP contribution in [0, 0.1) is 0 Å². The Hall–Kier alpha value is -0.100. The lowest BCUT2D eigenvalue weighted by Gasteiger charge is -2.27. The van der Waals surface area contributed by atoms with Crippen LogP contribution in [-0.4, -0.2) is 25.3 Å². The van der Waals surface area contributed by atoms with Gasteiger partial charge in [0.1, 0.15) is 0 Å². The van der Waals surface area contributed by atoms with E-state index in [1.54, 1.807) is 15.8 Å². The quantitative estimate of drug-likeness (QED) is 0.790. The molecule has 1 aromatic rings. The van der Waals surface area contributed by atoms with Crippen molar-refractivity contribution in [1.29, 1.82) is 0 Å². The number of nitrogens with zero attached hydrogens (tertiary/aromatic N) is 1. The van der Waals surface area contributed by atoms with Gasteiger partial charge in [-0.15, -0.1) is 22.9 Å². The summed E-state index contributed by atoms with van der Waals surface area (Å²) in [6.45, 7) is 2.71. The van der Waals surface area contributed by atoms with Gasteiger partial charge in [-0.1, -0.05) is 19.8 Å². The first kappa shape index (κ1) is 15.3. The third-order valence-corrected chi connectivity index (χ3v) is 7.12. The highest BCUT2D eigenvalue weighted by molar-refractivity contribution is 7.89. The molecule has 0 N–H and O–H groups in total. The van der Waals surface area contributed by atoms with Crippen LogP contribution in [-0.2, 0) is 15.9 Å². The fraction of sp³-hybridized carbons (Fsp3) is 0.692. The molecule has 0 spiro atoms. The van der Waals surface area contributed by atoms with Crippen LogP contribution in [0.2, 0.25) is 0 Å². The van der Waals surface area contributed by atoms with E-state index in [4.69, 9.17) is 11.6 Å². The standard InChI is InChI=1S/C13H20ClNO2S2/c1-2-11-6-4-3-5-7-15(11)19(16,17)13-8-12(9-14)18-10-13/h8,10-11H,2-7,9H2,1H3. The van der Waals surface area contributed by atoms with Gasteiger partial charge in [0.2, 0.25) is 10.0 Å². The third-order valence-electron chi connectivity index (χ3n) is 3.66. The molecule has 2 rings (SSSR count). The van der Waals surface area contributed by atoms with E-state index in [2.05, 4.69) is 6.92 Å². The maximum absolute atomic E-state index is 12.7. The van der Waals surface area contributed by atoms with Crippen molar-refractivity contribution in [2.24, 2.45) is 0 Å². The van der Waals surface area contributed by atoms with Crippen LogP contribution in [0.5, 0.6) is 0 Å². The second-order valence-corrected chi connectivity index (χ2v) is 8.06. The maximum atomic E-state index is 12.7. The molecule has 1 aliphatic rings. The predicted octanol–water partition coefficient (Wildman–Crippen LogP) is 3.83. The molecule has 1 atom stereocenters. The minimum absolute atomic E-state index is 0.145. The summed E-state index contributed by atoms with van der Waals surface area (Å²) in [5, 5.41) is 1.71. The predicted molar refractivity (Wildman–Crippen MR) is 80.3 cm³/mol. The number of rotatable bonds is 4. The number of thiophene rings is 1. The Morgan fingerprint density at radius 1 is 1.42 bits per heavy atom.